The molecule has 1 heterocycles. The van der Waals surface area contributed by atoms with Crippen molar-refractivity contribution in [3.63, 3.8) is 0 Å². The lowest BCUT2D eigenvalue weighted by Gasteiger charge is -2.40. The van der Waals surface area contributed by atoms with Crippen LogP contribution in [0.4, 0.5) is 0 Å². The number of amides is 2. The molecular weight excluding hydrogens is 316 g/mol. The SMILES string of the molecule is COc1ccc(C(=O)N2C[C@H](CC(C)C)NC(=O)[C@@H]2CC(C)C)cc1. The zero-order valence-corrected chi connectivity index (χ0v) is 15.9. The number of benzene rings is 1. The van der Waals surface area contributed by atoms with Crippen LogP contribution in [-0.2, 0) is 4.79 Å². The predicted octanol–water partition coefficient (Wildman–Crippen LogP) is 3.10. The summed E-state index contributed by atoms with van der Waals surface area (Å²) in [5, 5.41) is 3.10. The second-order valence-corrected chi connectivity index (χ2v) is 7.67. The lowest BCUT2D eigenvalue weighted by molar-refractivity contribution is -0.130. The van der Waals surface area contributed by atoms with Crippen LogP contribution >= 0.6 is 0 Å². The summed E-state index contributed by atoms with van der Waals surface area (Å²) >= 11 is 0. The summed E-state index contributed by atoms with van der Waals surface area (Å²) in [6, 6.07) is 6.69. The van der Waals surface area contributed by atoms with Crippen LogP contribution in [0.2, 0.25) is 0 Å². The molecule has 2 amide bonds. The van der Waals surface area contributed by atoms with Crippen LogP contribution < -0.4 is 10.1 Å². The van der Waals surface area contributed by atoms with Crippen molar-refractivity contribution in [2.24, 2.45) is 11.8 Å². The quantitative estimate of drug-likeness (QED) is 0.861. The molecule has 1 aromatic rings. The molecule has 0 unspecified atom stereocenters. The van der Waals surface area contributed by atoms with Gasteiger partial charge in [0.2, 0.25) is 5.91 Å². The first-order valence-electron chi connectivity index (χ1n) is 9.07. The molecule has 1 aromatic carbocycles. The summed E-state index contributed by atoms with van der Waals surface area (Å²) < 4.78 is 5.16. The minimum atomic E-state index is -0.405. The molecular formula is C20H30N2O3. The van der Waals surface area contributed by atoms with Gasteiger partial charge in [-0.1, -0.05) is 27.7 Å². The zero-order valence-electron chi connectivity index (χ0n) is 15.9. The first-order chi connectivity index (χ1) is 11.8. The van der Waals surface area contributed by atoms with Gasteiger partial charge in [-0.2, -0.15) is 0 Å². The molecule has 0 saturated carbocycles. The number of carbonyl (C=O) groups is 2. The average Bonchev–Trinajstić information content (AvgIpc) is 2.55. The Morgan fingerprint density at radius 1 is 1.16 bits per heavy atom. The normalized spacial score (nSPS) is 20.8. The molecule has 2 rings (SSSR count). The fraction of sp³-hybridized carbons (Fsp3) is 0.600. The van der Waals surface area contributed by atoms with E-state index in [1.54, 1.807) is 36.3 Å². The van der Waals surface area contributed by atoms with Crippen molar-refractivity contribution >= 4 is 11.8 Å². The minimum Gasteiger partial charge on any atom is -0.497 e. The Morgan fingerprint density at radius 3 is 2.28 bits per heavy atom. The fourth-order valence-corrected chi connectivity index (χ4v) is 3.36. The van der Waals surface area contributed by atoms with Gasteiger partial charge in [-0.3, -0.25) is 9.59 Å². The topological polar surface area (TPSA) is 58.6 Å². The molecule has 138 valence electrons. The van der Waals surface area contributed by atoms with E-state index < -0.39 is 6.04 Å². The Kier molecular flexibility index (Phi) is 6.45. The van der Waals surface area contributed by atoms with Crippen LogP contribution in [0.3, 0.4) is 0 Å². The van der Waals surface area contributed by atoms with E-state index in [2.05, 4.69) is 33.0 Å². The number of piperazine rings is 1. The number of methoxy groups -OCH3 is 1. The van der Waals surface area contributed by atoms with E-state index >= 15 is 0 Å². The Morgan fingerprint density at radius 2 is 1.76 bits per heavy atom. The van der Waals surface area contributed by atoms with Gasteiger partial charge in [0, 0.05) is 18.2 Å². The zero-order chi connectivity index (χ0) is 18.6. The third-order valence-corrected chi connectivity index (χ3v) is 4.49. The Balaban J connectivity index is 2.25. The van der Waals surface area contributed by atoms with Gasteiger partial charge in [0.1, 0.15) is 11.8 Å². The van der Waals surface area contributed by atoms with Gasteiger partial charge in [0.05, 0.1) is 7.11 Å². The smallest absolute Gasteiger partial charge is 0.254 e. The van der Waals surface area contributed by atoms with Crippen LogP contribution in [0, 0.1) is 11.8 Å². The number of ether oxygens (including phenoxy) is 1. The number of hydrogen-bond donors (Lipinski definition) is 1. The minimum absolute atomic E-state index is 0.0121. The average molecular weight is 346 g/mol. The third kappa shape index (κ3) is 4.97. The number of nitrogens with zero attached hydrogens (tertiary/aromatic N) is 1. The van der Waals surface area contributed by atoms with Crippen molar-refractivity contribution in [1.29, 1.82) is 0 Å². The lowest BCUT2D eigenvalue weighted by Crippen LogP contribution is -2.62. The second kappa shape index (κ2) is 8.37. The van der Waals surface area contributed by atoms with Crippen molar-refractivity contribution in [2.45, 2.75) is 52.6 Å². The molecule has 5 nitrogen and oxygen atoms in total. The van der Waals surface area contributed by atoms with Gasteiger partial charge in [-0.25, -0.2) is 0 Å². The fourth-order valence-electron chi connectivity index (χ4n) is 3.36. The molecule has 0 aliphatic carbocycles. The van der Waals surface area contributed by atoms with Crippen molar-refractivity contribution in [1.82, 2.24) is 10.2 Å². The summed E-state index contributed by atoms with van der Waals surface area (Å²) in [5.41, 5.74) is 0.590. The summed E-state index contributed by atoms with van der Waals surface area (Å²) in [6.07, 6.45) is 1.54. The molecule has 0 radical (unpaired) electrons. The molecule has 25 heavy (non-hydrogen) atoms. The first-order valence-corrected chi connectivity index (χ1v) is 9.07. The molecule has 1 N–H and O–H groups in total. The highest BCUT2D eigenvalue weighted by atomic mass is 16.5. The molecule has 0 aromatic heterocycles. The first kappa shape index (κ1) is 19.3. The number of rotatable bonds is 6. The lowest BCUT2D eigenvalue weighted by atomic mass is 9.94. The van der Waals surface area contributed by atoms with Gasteiger partial charge in [-0.15, -0.1) is 0 Å². The van der Waals surface area contributed by atoms with Crippen molar-refractivity contribution in [3.8, 4) is 5.75 Å². The summed E-state index contributed by atoms with van der Waals surface area (Å²) in [7, 11) is 1.60. The highest BCUT2D eigenvalue weighted by Crippen LogP contribution is 2.22. The van der Waals surface area contributed by atoms with E-state index in [4.69, 9.17) is 4.74 Å². The monoisotopic (exact) mass is 346 g/mol. The molecule has 1 fully saturated rings. The number of hydrogen-bond acceptors (Lipinski definition) is 3. The third-order valence-electron chi connectivity index (χ3n) is 4.49. The van der Waals surface area contributed by atoms with E-state index in [1.165, 1.54) is 0 Å². The standard InChI is InChI=1S/C20H30N2O3/c1-13(2)10-16-12-22(18(11-14(3)4)19(23)21-16)20(24)15-6-8-17(25-5)9-7-15/h6-9,13-14,16,18H,10-12H2,1-5H3,(H,21,23)/t16-,18-/m0/s1. The molecule has 1 aliphatic rings. The number of carbonyl (C=O) groups excluding carboxylic acids is 2. The van der Waals surface area contributed by atoms with Gasteiger partial charge in [0.25, 0.3) is 5.91 Å². The van der Waals surface area contributed by atoms with Crippen LogP contribution in [0.15, 0.2) is 24.3 Å². The molecule has 0 spiro atoms. The van der Waals surface area contributed by atoms with Crippen LogP contribution in [0.1, 0.15) is 50.9 Å². The van der Waals surface area contributed by atoms with E-state index in [-0.39, 0.29) is 17.9 Å². The molecule has 1 aliphatic heterocycles. The van der Waals surface area contributed by atoms with Crippen LogP contribution in [0.5, 0.6) is 5.75 Å². The van der Waals surface area contributed by atoms with E-state index in [1.807, 2.05) is 0 Å². The van der Waals surface area contributed by atoms with Gasteiger partial charge in [0.15, 0.2) is 0 Å². The Hall–Kier alpha value is -2.04. The van der Waals surface area contributed by atoms with Crippen LogP contribution in [-0.4, -0.2) is 42.5 Å². The highest BCUT2D eigenvalue weighted by molar-refractivity contribution is 5.98. The van der Waals surface area contributed by atoms with Crippen molar-refractivity contribution < 1.29 is 14.3 Å². The Bertz CT molecular complexity index is 595. The summed E-state index contributed by atoms with van der Waals surface area (Å²) in [6.45, 7) is 8.96. The predicted molar refractivity (Wildman–Crippen MR) is 98.7 cm³/mol. The maximum absolute atomic E-state index is 13.1. The van der Waals surface area contributed by atoms with E-state index in [0.717, 1.165) is 6.42 Å². The van der Waals surface area contributed by atoms with Crippen LogP contribution in [0.25, 0.3) is 0 Å². The molecule has 0 bridgehead atoms. The van der Waals surface area contributed by atoms with E-state index in [9.17, 15) is 9.59 Å². The van der Waals surface area contributed by atoms with Gasteiger partial charge in [-0.05, 0) is 48.9 Å². The summed E-state index contributed by atoms with van der Waals surface area (Å²) in [4.78, 5) is 27.5. The van der Waals surface area contributed by atoms with Crippen molar-refractivity contribution in [2.75, 3.05) is 13.7 Å². The molecule has 2 atom stereocenters. The molecule has 1 saturated heterocycles. The Labute approximate surface area is 150 Å². The molecule has 5 heteroatoms. The number of nitrogens with one attached hydrogen (secondary N) is 1. The van der Waals surface area contributed by atoms with E-state index in [0.29, 0.717) is 36.1 Å². The summed E-state index contributed by atoms with van der Waals surface area (Å²) in [5.74, 6) is 1.39. The van der Waals surface area contributed by atoms with Gasteiger partial charge < -0.3 is 15.0 Å². The maximum Gasteiger partial charge on any atom is 0.254 e. The van der Waals surface area contributed by atoms with Crippen molar-refractivity contribution in [3.05, 3.63) is 29.8 Å². The highest BCUT2D eigenvalue weighted by Gasteiger charge is 2.37. The largest absolute Gasteiger partial charge is 0.497 e. The second-order valence-electron chi connectivity index (χ2n) is 7.67. The van der Waals surface area contributed by atoms with Gasteiger partial charge >= 0.3 is 0 Å². The maximum atomic E-state index is 13.1.